The van der Waals surface area contributed by atoms with Crippen molar-refractivity contribution in [3.05, 3.63) is 35.9 Å². The lowest BCUT2D eigenvalue weighted by atomic mass is 9.71. The largest absolute Gasteiger partial charge is 0.353 e. The van der Waals surface area contributed by atoms with Gasteiger partial charge < -0.3 is 5.32 Å². The highest BCUT2D eigenvalue weighted by Gasteiger charge is 2.36. The molecule has 1 fully saturated rings. The molecule has 1 aliphatic rings. The Morgan fingerprint density at radius 2 is 2.06 bits per heavy atom. The molecule has 0 spiro atoms. The number of carbonyl (C=O) groups is 1. The molecule has 16 heavy (non-hydrogen) atoms. The number of hydrogen-bond donors (Lipinski definition) is 1. The molecule has 0 unspecified atom stereocenters. The summed E-state index contributed by atoms with van der Waals surface area (Å²) in [6.07, 6.45) is 5.56. The molecule has 0 saturated heterocycles. The van der Waals surface area contributed by atoms with Gasteiger partial charge in [0, 0.05) is 11.5 Å². The zero-order chi connectivity index (χ0) is 11.4. The molecule has 0 heterocycles. The van der Waals surface area contributed by atoms with Crippen LogP contribution in [0.25, 0.3) is 0 Å². The van der Waals surface area contributed by atoms with E-state index in [0.717, 1.165) is 12.8 Å². The number of carbonyl (C=O) groups excluding carboxylic acids is 1. The SMILES string of the molecule is C[C@@]1(NC=O)CCCC[C@H]1c1ccccc1. The molecule has 1 aromatic rings. The minimum atomic E-state index is -0.0681. The quantitative estimate of drug-likeness (QED) is 0.775. The second kappa shape index (κ2) is 4.69. The maximum absolute atomic E-state index is 10.7. The van der Waals surface area contributed by atoms with Crippen LogP contribution in [0.4, 0.5) is 0 Å². The van der Waals surface area contributed by atoms with Crippen LogP contribution < -0.4 is 5.32 Å². The van der Waals surface area contributed by atoms with E-state index in [1.165, 1.54) is 24.8 Å². The number of rotatable bonds is 3. The monoisotopic (exact) mass is 217 g/mol. The van der Waals surface area contributed by atoms with Crippen LogP contribution in [0.15, 0.2) is 30.3 Å². The van der Waals surface area contributed by atoms with Crippen molar-refractivity contribution >= 4 is 6.41 Å². The Balaban J connectivity index is 2.26. The Morgan fingerprint density at radius 1 is 1.31 bits per heavy atom. The minimum Gasteiger partial charge on any atom is -0.353 e. The summed E-state index contributed by atoms with van der Waals surface area (Å²) in [7, 11) is 0. The molecule has 0 radical (unpaired) electrons. The average Bonchev–Trinajstić information content (AvgIpc) is 2.31. The maximum atomic E-state index is 10.7. The number of hydrogen-bond acceptors (Lipinski definition) is 1. The van der Waals surface area contributed by atoms with E-state index < -0.39 is 0 Å². The third-order valence-electron chi connectivity index (χ3n) is 3.80. The Labute approximate surface area is 97.1 Å². The predicted octanol–water partition coefficient (Wildman–Crippen LogP) is 2.85. The standard InChI is InChI=1S/C14H19NO/c1-14(15-11-16)10-6-5-9-13(14)12-7-3-2-4-8-12/h2-4,7-8,11,13H,5-6,9-10H2,1H3,(H,15,16)/t13-,14+/m0/s1. The van der Waals surface area contributed by atoms with Crippen molar-refractivity contribution < 1.29 is 4.79 Å². The molecule has 1 aromatic carbocycles. The van der Waals surface area contributed by atoms with Crippen LogP contribution in [-0.2, 0) is 4.79 Å². The fourth-order valence-electron chi connectivity index (χ4n) is 2.86. The molecule has 1 aliphatic carbocycles. The van der Waals surface area contributed by atoms with Crippen LogP contribution in [0, 0.1) is 0 Å². The zero-order valence-corrected chi connectivity index (χ0v) is 9.78. The highest BCUT2D eigenvalue weighted by atomic mass is 16.1. The molecule has 0 aromatic heterocycles. The van der Waals surface area contributed by atoms with Crippen molar-refractivity contribution in [2.75, 3.05) is 0 Å². The smallest absolute Gasteiger partial charge is 0.207 e. The Kier molecular flexibility index (Phi) is 3.28. The molecule has 0 bridgehead atoms. The van der Waals surface area contributed by atoms with Gasteiger partial charge in [-0.15, -0.1) is 0 Å². The van der Waals surface area contributed by atoms with Crippen molar-refractivity contribution in [1.82, 2.24) is 5.32 Å². The summed E-state index contributed by atoms with van der Waals surface area (Å²) in [6.45, 7) is 2.16. The molecule has 1 N–H and O–H groups in total. The van der Waals surface area contributed by atoms with Crippen molar-refractivity contribution in [3.63, 3.8) is 0 Å². The first-order valence-electron chi connectivity index (χ1n) is 6.02. The van der Waals surface area contributed by atoms with E-state index in [1.807, 2.05) is 6.07 Å². The minimum absolute atomic E-state index is 0.0681. The van der Waals surface area contributed by atoms with E-state index in [4.69, 9.17) is 0 Å². The fourth-order valence-corrected chi connectivity index (χ4v) is 2.86. The molecule has 1 saturated carbocycles. The van der Waals surface area contributed by atoms with Crippen molar-refractivity contribution in [2.24, 2.45) is 0 Å². The van der Waals surface area contributed by atoms with Crippen LogP contribution in [-0.4, -0.2) is 11.9 Å². The van der Waals surface area contributed by atoms with Gasteiger partial charge >= 0.3 is 0 Å². The molecule has 2 nitrogen and oxygen atoms in total. The van der Waals surface area contributed by atoms with Gasteiger partial charge in [0.1, 0.15) is 0 Å². The van der Waals surface area contributed by atoms with Gasteiger partial charge in [0.2, 0.25) is 6.41 Å². The summed E-state index contributed by atoms with van der Waals surface area (Å²) in [5, 5.41) is 3.03. The van der Waals surface area contributed by atoms with Crippen LogP contribution in [0.3, 0.4) is 0 Å². The maximum Gasteiger partial charge on any atom is 0.207 e. The van der Waals surface area contributed by atoms with Gasteiger partial charge in [0.15, 0.2) is 0 Å². The summed E-state index contributed by atoms with van der Waals surface area (Å²) in [5.74, 6) is 0.452. The van der Waals surface area contributed by atoms with Gasteiger partial charge in [0.25, 0.3) is 0 Å². The summed E-state index contributed by atoms with van der Waals surface area (Å²) >= 11 is 0. The second-order valence-corrected chi connectivity index (χ2v) is 4.89. The zero-order valence-electron chi connectivity index (χ0n) is 9.78. The van der Waals surface area contributed by atoms with E-state index >= 15 is 0 Å². The van der Waals surface area contributed by atoms with Crippen LogP contribution in [0.5, 0.6) is 0 Å². The normalized spacial score (nSPS) is 29.7. The first-order valence-corrected chi connectivity index (χ1v) is 6.02. The van der Waals surface area contributed by atoms with Crippen LogP contribution >= 0.6 is 0 Å². The highest BCUT2D eigenvalue weighted by Crippen LogP contribution is 2.40. The lowest BCUT2D eigenvalue weighted by Gasteiger charge is -2.41. The van der Waals surface area contributed by atoms with Gasteiger partial charge in [-0.2, -0.15) is 0 Å². The van der Waals surface area contributed by atoms with Gasteiger partial charge in [0.05, 0.1) is 0 Å². The second-order valence-electron chi connectivity index (χ2n) is 4.89. The Morgan fingerprint density at radius 3 is 2.75 bits per heavy atom. The number of benzene rings is 1. The summed E-state index contributed by atoms with van der Waals surface area (Å²) in [6, 6.07) is 10.5. The average molecular weight is 217 g/mol. The third kappa shape index (κ3) is 2.11. The molecule has 2 heteroatoms. The van der Waals surface area contributed by atoms with E-state index in [0.29, 0.717) is 5.92 Å². The number of amides is 1. The third-order valence-corrected chi connectivity index (χ3v) is 3.80. The molecule has 1 amide bonds. The lowest BCUT2D eigenvalue weighted by molar-refractivity contribution is -0.111. The van der Waals surface area contributed by atoms with Crippen molar-refractivity contribution in [3.8, 4) is 0 Å². The van der Waals surface area contributed by atoms with Crippen LogP contribution in [0.1, 0.15) is 44.1 Å². The van der Waals surface area contributed by atoms with E-state index in [2.05, 4.69) is 36.5 Å². The topological polar surface area (TPSA) is 29.1 Å². The molecule has 2 atom stereocenters. The van der Waals surface area contributed by atoms with Crippen LogP contribution in [0.2, 0.25) is 0 Å². The molecule has 2 rings (SSSR count). The van der Waals surface area contributed by atoms with E-state index in [1.54, 1.807) is 0 Å². The summed E-state index contributed by atoms with van der Waals surface area (Å²) in [5.41, 5.74) is 1.28. The van der Waals surface area contributed by atoms with E-state index in [-0.39, 0.29) is 5.54 Å². The Bertz CT molecular complexity index is 349. The molecular formula is C14H19NO. The van der Waals surface area contributed by atoms with Gasteiger partial charge in [-0.3, -0.25) is 4.79 Å². The van der Waals surface area contributed by atoms with Gasteiger partial charge in [-0.25, -0.2) is 0 Å². The van der Waals surface area contributed by atoms with Gasteiger partial charge in [-0.1, -0.05) is 43.2 Å². The Hall–Kier alpha value is -1.31. The van der Waals surface area contributed by atoms with Crippen molar-refractivity contribution in [1.29, 1.82) is 0 Å². The van der Waals surface area contributed by atoms with E-state index in [9.17, 15) is 4.79 Å². The summed E-state index contributed by atoms with van der Waals surface area (Å²) in [4.78, 5) is 10.7. The van der Waals surface area contributed by atoms with Gasteiger partial charge in [-0.05, 0) is 25.3 Å². The molecule has 0 aliphatic heterocycles. The highest BCUT2D eigenvalue weighted by molar-refractivity contribution is 5.49. The molecule has 86 valence electrons. The number of nitrogens with one attached hydrogen (secondary N) is 1. The molecular weight excluding hydrogens is 198 g/mol. The summed E-state index contributed by atoms with van der Waals surface area (Å²) < 4.78 is 0. The fraction of sp³-hybridized carbons (Fsp3) is 0.500. The first-order chi connectivity index (χ1) is 7.76. The van der Waals surface area contributed by atoms with Crippen molar-refractivity contribution in [2.45, 2.75) is 44.1 Å². The predicted molar refractivity (Wildman–Crippen MR) is 65.3 cm³/mol. The first kappa shape index (κ1) is 11.2. The lowest BCUT2D eigenvalue weighted by Crippen LogP contribution is -2.48.